The minimum absolute atomic E-state index is 0.256. The van der Waals surface area contributed by atoms with Crippen molar-refractivity contribution in [1.82, 2.24) is 5.32 Å². The molecular weight excluding hydrogens is 259 g/mol. The number of nitrogens with one attached hydrogen (secondary N) is 2. The lowest BCUT2D eigenvalue weighted by atomic mass is 10.1. The number of anilines is 1. The van der Waals surface area contributed by atoms with E-state index < -0.39 is 23.7 Å². The van der Waals surface area contributed by atoms with Gasteiger partial charge in [0.25, 0.3) is 0 Å². The summed E-state index contributed by atoms with van der Waals surface area (Å²) in [6.45, 7) is 0. The number of carboxylic acids is 1. The highest BCUT2D eigenvalue weighted by atomic mass is 32.2. The number of carboxylic acid groups (broad SMARTS) is 1. The standard InChI is InChI=1S/C11H11FN2O3S/c12-7-3-1-2-6(11(16)17)9(7)14-10(15)8-4-18-5-13-8/h1-3,8,13H,4-5H2,(H,14,15)(H,16,17). The lowest BCUT2D eigenvalue weighted by Gasteiger charge is -2.13. The van der Waals surface area contributed by atoms with E-state index in [9.17, 15) is 14.0 Å². The Morgan fingerprint density at radius 2 is 2.28 bits per heavy atom. The Balaban J connectivity index is 2.22. The van der Waals surface area contributed by atoms with Crippen LogP contribution in [0.2, 0.25) is 0 Å². The molecule has 1 aromatic carbocycles. The number of para-hydroxylation sites is 1. The van der Waals surface area contributed by atoms with Crippen molar-refractivity contribution in [1.29, 1.82) is 0 Å². The molecule has 1 aliphatic rings. The summed E-state index contributed by atoms with van der Waals surface area (Å²) in [6, 6.07) is 3.23. The summed E-state index contributed by atoms with van der Waals surface area (Å²) in [6.07, 6.45) is 0. The fraction of sp³-hybridized carbons (Fsp3) is 0.273. The van der Waals surface area contributed by atoms with E-state index >= 15 is 0 Å². The van der Waals surface area contributed by atoms with E-state index in [-0.39, 0.29) is 11.3 Å². The van der Waals surface area contributed by atoms with Crippen molar-refractivity contribution < 1.29 is 19.1 Å². The molecule has 1 aliphatic heterocycles. The molecule has 0 bridgehead atoms. The van der Waals surface area contributed by atoms with Gasteiger partial charge in [0.05, 0.1) is 17.3 Å². The number of aromatic carboxylic acids is 1. The summed E-state index contributed by atoms with van der Waals surface area (Å²) in [5.74, 6) is -1.22. The molecule has 0 radical (unpaired) electrons. The number of hydrogen-bond acceptors (Lipinski definition) is 4. The normalized spacial score (nSPS) is 18.6. The summed E-state index contributed by atoms with van der Waals surface area (Å²) < 4.78 is 13.6. The van der Waals surface area contributed by atoms with Gasteiger partial charge >= 0.3 is 5.97 Å². The van der Waals surface area contributed by atoms with E-state index in [0.717, 1.165) is 6.07 Å². The number of amides is 1. The number of halogens is 1. The van der Waals surface area contributed by atoms with E-state index in [1.165, 1.54) is 12.1 Å². The smallest absolute Gasteiger partial charge is 0.337 e. The Kier molecular flexibility index (Phi) is 3.83. The molecule has 0 aromatic heterocycles. The molecule has 0 spiro atoms. The van der Waals surface area contributed by atoms with Crippen molar-refractivity contribution in [2.45, 2.75) is 6.04 Å². The highest BCUT2D eigenvalue weighted by Gasteiger charge is 2.25. The van der Waals surface area contributed by atoms with Crippen LogP contribution in [0.1, 0.15) is 10.4 Å². The van der Waals surface area contributed by atoms with Crippen molar-refractivity contribution in [2.75, 3.05) is 16.9 Å². The Labute approximate surface area is 107 Å². The molecule has 1 unspecified atom stereocenters. The summed E-state index contributed by atoms with van der Waals surface area (Å²) in [5.41, 5.74) is -0.539. The van der Waals surface area contributed by atoms with Gasteiger partial charge in [-0.25, -0.2) is 9.18 Å². The zero-order valence-corrected chi connectivity index (χ0v) is 10.1. The largest absolute Gasteiger partial charge is 0.478 e. The second kappa shape index (κ2) is 5.36. The van der Waals surface area contributed by atoms with Gasteiger partial charge in [0.2, 0.25) is 5.91 Å². The van der Waals surface area contributed by atoms with Crippen LogP contribution in [0, 0.1) is 5.82 Å². The fourth-order valence-corrected chi connectivity index (χ4v) is 2.55. The van der Waals surface area contributed by atoms with Crippen LogP contribution in [-0.2, 0) is 4.79 Å². The molecule has 1 amide bonds. The van der Waals surface area contributed by atoms with Crippen molar-refractivity contribution in [3.05, 3.63) is 29.6 Å². The van der Waals surface area contributed by atoms with Gasteiger partial charge < -0.3 is 10.4 Å². The number of rotatable bonds is 3. The van der Waals surface area contributed by atoms with Gasteiger partial charge in [-0.05, 0) is 12.1 Å². The topological polar surface area (TPSA) is 78.4 Å². The van der Waals surface area contributed by atoms with E-state index in [0.29, 0.717) is 11.6 Å². The minimum Gasteiger partial charge on any atom is -0.478 e. The fourth-order valence-electron chi connectivity index (χ4n) is 1.60. The maximum absolute atomic E-state index is 13.6. The van der Waals surface area contributed by atoms with E-state index in [1.54, 1.807) is 11.8 Å². The van der Waals surface area contributed by atoms with Gasteiger partial charge in [0.1, 0.15) is 5.82 Å². The number of carbonyl (C=O) groups is 2. The maximum atomic E-state index is 13.6. The Morgan fingerprint density at radius 3 is 2.89 bits per heavy atom. The predicted octanol–water partition coefficient (Wildman–Crippen LogP) is 1.12. The van der Waals surface area contributed by atoms with Gasteiger partial charge in [-0.15, -0.1) is 11.8 Å². The van der Waals surface area contributed by atoms with Crippen LogP contribution >= 0.6 is 11.8 Å². The predicted molar refractivity (Wildman–Crippen MR) is 66.2 cm³/mol. The first-order chi connectivity index (χ1) is 8.59. The lowest BCUT2D eigenvalue weighted by Crippen LogP contribution is -2.38. The molecule has 1 aromatic rings. The number of hydrogen-bond donors (Lipinski definition) is 3. The average Bonchev–Trinajstić information content (AvgIpc) is 2.85. The van der Waals surface area contributed by atoms with Crippen molar-refractivity contribution in [3.8, 4) is 0 Å². The van der Waals surface area contributed by atoms with E-state index in [4.69, 9.17) is 5.11 Å². The van der Waals surface area contributed by atoms with Crippen molar-refractivity contribution in [3.63, 3.8) is 0 Å². The second-order valence-corrected chi connectivity index (χ2v) is 4.76. The SMILES string of the molecule is O=C(O)c1cccc(F)c1NC(=O)C1CSCN1. The highest BCUT2D eigenvalue weighted by Crippen LogP contribution is 2.21. The summed E-state index contributed by atoms with van der Waals surface area (Å²) in [7, 11) is 0. The lowest BCUT2D eigenvalue weighted by molar-refractivity contribution is -0.117. The zero-order valence-electron chi connectivity index (χ0n) is 9.27. The van der Waals surface area contributed by atoms with Crippen LogP contribution in [0.15, 0.2) is 18.2 Å². The zero-order chi connectivity index (χ0) is 13.1. The molecule has 3 N–H and O–H groups in total. The van der Waals surface area contributed by atoms with Gasteiger partial charge in [0.15, 0.2) is 0 Å². The van der Waals surface area contributed by atoms with Crippen LogP contribution in [0.4, 0.5) is 10.1 Å². The molecule has 2 rings (SSSR count). The third-order valence-corrected chi connectivity index (χ3v) is 3.46. The molecule has 1 saturated heterocycles. The molecule has 96 valence electrons. The van der Waals surface area contributed by atoms with Gasteiger partial charge in [-0.3, -0.25) is 10.1 Å². The number of thioether (sulfide) groups is 1. The maximum Gasteiger partial charge on any atom is 0.337 e. The van der Waals surface area contributed by atoms with Crippen LogP contribution in [0.5, 0.6) is 0 Å². The van der Waals surface area contributed by atoms with Crippen molar-refractivity contribution in [2.24, 2.45) is 0 Å². The minimum atomic E-state index is -1.28. The molecule has 1 atom stereocenters. The first-order valence-corrected chi connectivity index (χ1v) is 6.39. The summed E-state index contributed by atoms with van der Waals surface area (Å²) >= 11 is 1.55. The van der Waals surface area contributed by atoms with E-state index in [2.05, 4.69) is 10.6 Å². The second-order valence-electron chi connectivity index (χ2n) is 3.73. The van der Waals surface area contributed by atoms with E-state index in [1.807, 2.05) is 0 Å². The average molecular weight is 270 g/mol. The molecule has 0 aliphatic carbocycles. The van der Waals surface area contributed by atoms with Gasteiger partial charge in [-0.2, -0.15) is 0 Å². The third-order valence-electron chi connectivity index (χ3n) is 2.53. The van der Waals surface area contributed by atoms with Crippen LogP contribution in [0.25, 0.3) is 0 Å². The highest BCUT2D eigenvalue weighted by molar-refractivity contribution is 7.99. The summed E-state index contributed by atoms with van der Waals surface area (Å²) in [5, 5.41) is 14.2. The van der Waals surface area contributed by atoms with Crippen LogP contribution < -0.4 is 10.6 Å². The van der Waals surface area contributed by atoms with Gasteiger partial charge in [0, 0.05) is 11.6 Å². The Bertz CT molecular complexity index is 489. The molecule has 1 fully saturated rings. The van der Waals surface area contributed by atoms with Gasteiger partial charge in [-0.1, -0.05) is 6.07 Å². The molecular formula is C11H11FN2O3S. The summed E-state index contributed by atoms with van der Waals surface area (Å²) in [4.78, 5) is 22.7. The monoisotopic (exact) mass is 270 g/mol. The Hall–Kier alpha value is -1.60. The van der Waals surface area contributed by atoms with Crippen molar-refractivity contribution >= 4 is 29.3 Å². The van der Waals surface area contributed by atoms with Crippen LogP contribution in [0.3, 0.4) is 0 Å². The number of benzene rings is 1. The molecule has 18 heavy (non-hydrogen) atoms. The third kappa shape index (κ3) is 2.62. The molecule has 7 heteroatoms. The first-order valence-electron chi connectivity index (χ1n) is 5.23. The first kappa shape index (κ1) is 12.8. The Morgan fingerprint density at radius 1 is 1.50 bits per heavy atom. The number of carbonyl (C=O) groups excluding carboxylic acids is 1. The van der Waals surface area contributed by atoms with Crippen LogP contribution in [-0.4, -0.2) is 34.7 Å². The molecule has 5 nitrogen and oxygen atoms in total. The molecule has 0 saturated carbocycles. The quantitative estimate of drug-likeness (QED) is 0.767. The molecule has 1 heterocycles.